The first kappa shape index (κ1) is 19.8. The molecular weight excluding hydrogens is 471 g/mol. The Morgan fingerprint density at radius 2 is 1.85 bits per heavy atom. The SMILES string of the molecule is CN1CCS\C1=C/C=C1\C=C(\C=C\C2=[N+](C)CCS2)c2ccccc21.[I-]. The zero-order valence-corrected chi connectivity index (χ0v) is 18.9. The molecule has 0 saturated carbocycles. The van der Waals surface area contributed by atoms with Crippen LogP contribution in [0.2, 0.25) is 0 Å². The van der Waals surface area contributed by atoms with E-state index in [0.29, 0.717) is 0 Å². The molecule has 0 N–H and O–H groups in total. The van der Waals surface area contributed by atoms with Gasteiger partial charge in [-0.05, 0) is 40.5 Å². The molecule has 1 fully saturated rings. The number of nitrogens with zero attached hydrogens (tertiary/aromatic N) is 2. The van der Waals surface area contributed by atoms with Gasteiger partial charge < -0.3 is 28.9 Å². The Morgan fingerprint density at radius 1 is 1.04 bits per heavy atom. The Balaban J connectivity index is 0.00000196. The summed E-state index contributed by atoms with van der Waals surface area (Å²) in [7, 11) is 4.34. The van der Waals surface area contributed by atoms with Crippen LogP contribution in [0.4, 0.5) is 0 Å². The van der Waals surface area contributed by atoms with Crippen molar-refractivity contribution in [3.8, 4) is 0 Å². The Kier molecular flexibility index (Phi) is 6.75. The van der Waals surface area contributed by atoms with Crippen molar-refractivity contribution in [3.63, 3.8) is 0 Å². The highest BCUT2D eigenvalue weighted by molar-refractivity contribution is 8.14. The van der Waals surface area contributed by atoms with Crippen LogP contribution in [0.5, 0.6) is 0 Å². The van der Waals surface area contributed by atoms with Crippen molar-refractivity contribution in [3.05, 3.63) is 70.8 Å². The molecule has 1 aliphatic carbocycles. The predicted molar refractivity (Wildman–Crippen MR) is 113 cm³/mol. The lowest BCUT2D eigenvalue weighted by Crippen LogP contribution is -3.00. The van der Waals surface area contributed by atoms with E-state index in [1.54, 1.807) is 0 Å². The molecule has 5 heteroatoms. The molecule has 0 unspecified atom stereocenters. The molecule has 1 aromatic rings. The third-order valence-electron chi connectivity index (χ3n) is 4.78. The standard InChI is InChI=1S/C21H23N2S2.HI/c1-22-11-13-24-20(22)9-7-16-15-17(19-6-4-3-5-18(16)19)8-10-21-23(2)12-14-25-21;/h3-10,15H,11-14H2,1-2H3;1H/q+1;/p-1. The van der Waals surface area contributed by atoms with Crippen molar-refractivity contribution in [2.24, 2.45) is 0 Å². The number of fused-ring (bicyclic) bond motifs is 1. The van der Waals surface area contributed by atoms with Gasteiger partial charge in [-0.15, -0.1) is 11.8 Å². The number of rotatable bonds is 3. The summed E-state index contributed by atoms with van der Waals surface area (Å²) in [5, 5.41) is 2.73. The van der Waals surface area contributed by atoms with Crippen molar-refractivity contribution < 1.29 is 28.6 Å². The van der Waals surface area contributed by atoms with Crippen molar-refractivity contribution in [2.45, 2.75) is 0 Å². The largest absolute Gasteiger partial charge is 1.00 e. The molecule has 1 saturated heterocycles. The van der Waals surface area contributed by atoms with Crippen LogP contribution in [0.15, 0.2) is 59.7 Å². The molecule has 0 aromatic heterocycles. The van der Waals surface area contributed by atoms with Crippen LogP contribution in [0.3, 0.4) is 0 Å². The van der Waals surface area contributed by atoms with Gasteiger partial charge in [-0.1, -0.05) is 42.1 Å². The topological polar surface area (TPSA) is 6.25 Å². The van der Waals surface area contributed by atoms with E-state index in [-0.39, 0.29) is 24.0 Å². The zero-order valence-electron chi connectivity index (χ0n) is 15.1. The third kappa shape index (κ3) is 4.15. The fourth-order valence-corrected chi connectivity index (χ4v) is 5.37. The quantitative estimate of drug-likeness (QED) is 0.463. The summed E-state index contributed by atoms with van der Waals surface area (Å²) >= 11 is 3.88. The van der Waals surface area contributed by atoms with E-state index in [0.717, 1.165) is 13.1 Å². The lowest BCUT2D eigenvalue weighted by Gasteiger charge is -2.09. The zero-order chi connectivity index (χ0) is 17.2. The van der Waals surface area contributed by atoms with Gasteiger partial charge in [-0.3, -0.25) is 0 Å². The van der Waals surface area contributed by atoms with Gasteiger partial charge in [0.2, 0.25) is 5.04 Å². The molecule has 26 heavy (non-hydrogen) atoms. The van der Waals surface area contributed by atoms with Crippen molar-refractivity contribution in [1.29, 1.82) is 0 Å². The molecule has 0 spiro atoms. The lowest BCUT2D eigenvalue weighted by molar-refractivity contribution is -0.485. The maximum Gasteiger partial charge on any atom is 0.234 e. The molecule has 2 aliphatic heterocycles. The molecule has 0 amide bonds. The first-order valence-corrected chi connectivity index (χ1v) is 10.7. The maximum absolute atomic E-state index is 2.33. The molecule has 0 bridgehead atoms. The molecule has 2 nitrogen and oxygen atoms in total. The highest BCUT2D eigenvalue weighted by atomic mass is 127. The third-order valence-corrected chi connectivity index (χ3v) is 7.04. The monoisotopic (exact) mass is 494 g/mol. The maximum atomic E-state index is 2.33. The van der Waals surface area contributed by atoms with E-state index in [1.807, 2.05) is 23.5 Å². The van der Waals surface area contributed by atoms with Crippen molar-refractivity contribution in [1.82, 2.24) is 4.90 Å². The first-order chi connectivity index (χ1) is 12.2. The van der Waals surface area contributed by atoms with Crippen LogP contribution in [-0.2, 0) is 0 Å². The average molecular weight is 494 g/mol. The molecule has 4 rings (SSSR count). The molecule has 1 aromatic carbocycles. The molecule has 136 valence electrons. The van der Waals surface area contributed by atoms with Gasteiger partial charge in [0.05, 0.1) is 10.8 Å². The smallest absolute Gasteiger partial charge is 0.234 e. The van der Waals surface area contributed by atoms with Crippen LogP contribution >= 0.6 is 23.5 Å². The summed E-state index contributed by atoms with van der Waals surface area (Å²) in [4.78, 5) is 2.33. The minimum Gasteiger partial charge on any atom is -1.00 e. The van der Waals surface area contributed by atoms with E-state index >= 15 is 0 Å². The van der Waals surface area contributed by atoms with Crippen LogP contribution in [-0.4, -0.2) is 53.2 Å². The summed E-state index contributed by atoms with van der Waals surface area (Å²) in [5.74, 6) is 2.38. The Bertz CT molecular complexity index is 849. The van der Waals surface area contributed by atoms with Crippen molar-refractivity contribution in [2.75, 3.05) is 38.7 Å². The Morgan fingerprint density at radius 3 is 2.54 bits per heavy atom. The summed E-state index contributed by atoms with van der Waals surface area (Å²) in [5.41, 5.74) is 5.28. The van der Waals surface area contributed by atoms with Crippen molar-refractivity contribution >= 4 is 39.7 Å². The number of hydrogen-bond donors (Lipinski definition) is 0. The summed E-state index contributed by atoms with van der Waals surface area (Å²) in [6.07, 6.45) is 11.4. The van der Waals surface area contributed by atoms with Crippen LogP contribution in [0.1, 0.15) is 11.1 Å². The molecule has 0 atom stereocenters. The van der Waals surface area contributed by atoms with Gasteiger partial charge in [0.15, 0.2) is 6.54 Å². The lowest BCUT2D eigenvalue weighted by atomic mass is 10.0. The van der Waals surface area contributed by atoms with E-state index < -0.39 is 0 Å². The Hall–Kier alpha value is -0.920. The van der Waals surface area contributed by atoms with Gasteiger partial charge >= 0.3 is 0 Å². The number of allylic oxidation sites excluding steroid dienone is 6. The fraction of sp³-hybridized carbons (Fsp3) is 0.286. The summed E-state index contributed by atoms with van der Waals surface area (Å²) in [6, 6.07) is 8.72. The number of hydrogen-bond acceptors (Lipinski definition) is 3. The van der Waals surface area contributed by atoms with E-state index in [4.69, 9.17) is 0 Å². The summed E-state index contributed by atoms with van der Waals surface area (Å²) in [6.45, 7) is 2.29. The molecule has 0 radical (unpaired) electrons. The van der Waals surface area contributed by atoms with Gasteiger partial charge in [0.1, 0.15) is 7.05 Å². The predicted octanol–water partition coefficient (Wildman–Crippen LogP) is 1.33. The van der Waals surface area contributed by atoms with Gasteiger partial charge in [0, 0.05) is 25.4 Å². The molecule has 3 aliphatic rings. The first-order valence-electron chi connectivity index (χ1n) is 8.69. The molecular formula is C21H23IN2S2. The van der Waals surface area contributed by atoms with Gasteiger partial charge in [0.25, 0.3) is 0 Å². The normalized spacial score (nSPS) is 22.5. The number of halogens is 1. The van der Waals surface area contributed by atoms with Crippen LogP contribution in [0, 0.1) is 0 Å². The highest BCUT2D eigenvalue weighted by Crippen LogP contribution is 2.36. The molecule has 2 heterocycles. The van der Waals surface area contributed by atoms with E-state index in [9.17, 15) is 0 Å². The van der Waals surface area contributed by atoms with Crippen LogP contribution < -0.4 is 24.0 Å². The minimum atomic E-state index is 0. The van der Waals surface area contributed by atoms with Gasteiger partial charge in [-0.2, -0.15) is 0 Å². The highest BCUT2D eigenvalue weighted by Gasteiger charge is 2.19. The second kappa shape index (κ2) is 8.85. The minimum absolute atomic E-state index is 0. The van der Waals surface area contributed by atoms with E-state index in [1.165, 1.54) is 43.9 Å². The number of thioether (sulfide) groups is 2. The number of benzene rings is 1. The fourth-order valence-electron chi connectivity index (χ4n) is 3.27. The second-order valence-electron chi connectivity index (χ2n) is 6.48. The second-order valence-corrected chi connectivity index (χ2v) is 8.71. The van der Waals surface area contributed by atoms with Gasteiger partial charge in [-0.25, -0.2) is 4.58 Å². The van der Waals surface area contributed by atoms with E-state index in [2.05, 4.69) is 78.2 Å². The Labute approximate surface area is 181 Å². The summed E-state index contributed by atoms with van der Waals surface area (Å²) < 4.78 is 2.33. The average Bonchev–Trinajstić information content (AvgIpc) is 3.31. The van der Waals surface area contributed by atoms with Crippen LogP contribution in [0.25, 0.3) is 11.1 Å².